The summed E-state index contributed by atoms with van der Waals surface area (Å²) in [7, 11) is 1.62. The highest BCUT2D eigenvalue weighted by atomic mass is 16.5. The molecular weight excluding hydrogens is 328 g/mol. The van der Waals surface area contributed by atoms with E-state index in [0.29, 0.717) is 18.2 Å². The lowest BCUT2D eigenvalue weighted by atomic mass is 10.2. The van der Waals surface area contributed by atoms with E-state index in [1.807, 2.05) is 55.5 Å². The highest BCUT2D eigenvalue weighted by Gasteiger charge is 2.09. The number of anilines is 2. The fraction of sp³-hybridized carbons (Fsp3) is 0.150. The third kappa shape index (κ3) is 4.57. The molecule has 0 bridgehead atoms. The van der Waals surface area contributed by atoms with Gasteiger partial charge in [-0.2, -0.15) is 0 Å². The van der Waals surface area contributed by atoms with Crippen LogP contribution in [-0.2, 0) is 6.54 Å². The highest BCUT2D eigenvalue weighted by Crippen LogP contribution is 2.14. The molecule has 0 unspecified atom stereocenters. The number of methoxy groups -OCH3 is 1. The summed E-state index contributed by atoms with van der Waals surface area (Å²) in [6.07, 6.45) is 1.56. The average molecular weight is 348 g/mol. The second kappa shape index (κ2) is 8.11. The third-order valence-electron chi connectivity index (χ3n) is 3.77. The van der Waals surface area contributed by atoms with Crippen LogP contribution in [0.15, 0.2) is 60.8 Å². The molecule has 1 aromatic heterocycles. The zero-order valence-electron chi connectivity index (χ0n) is 14.7. The minimum atomic E-state index is -0.254. The number of rotatable bonds is 6. The Morgan fingerprint density at radius 3 is 2.65 bits per heavy atom. The monoisotopic (exact) mass is 348 g/mol. The van der Waals surface area contributed by atoms with Crippen molar-refractivity contribution in [1.29, 1.82) is 0 Å². The lowest BCUT2D eigenvalue weighted by Crippen LogP contribution is -2.24. The standard InChI is InChI=1S/C20H20N4O2/c1-14-4-3-5-16(12-14)23-20-21-11-10-18(24-20)19(25)22-13-15-6-8-17(26-2)9-7-15/h3-12H,13H2,1-2H3,(H,22,25)(H,21,23,24). The predicted octanol–water partition coefficient (Wildman–Crippen LogP) is 3.47. The lowest BCUT2D eigenvalue weighted by molar-refractivity contribution is 0.0946. The zero-order chi connectivity index (χ0) is 18.4. The van der Waals surface area contributed by atoms with E-state index in [4.69, 9.17) is 4.74 Å². The summed E-state index contributed by atoms with van der Waals surface area (Å²) in [6, 6.07) is 17.0. The SMILES string of the molecule is COc1ccc(CNC(=O)c2ccnc(Nc3cccc(C)c3)n2)cc1. The summed E-state index contributed by atoms with van der Waals surface area (Å²) >= 11 is 0. The molecule has 0 saturated heterocycles. The van der Waals surface area contributed by atoms with Crippen LogP contribution in [0.25, 0.3) is 0 Å². The van der Waals surface area contributed by atoms with Gasteiger partial charge in [0.2, 0.25) is 5.95 Å². The quantitative estimate of drug-likeness (QED) is 0.713. The zero-order valence-corrected chi connectivity index (χ0v) is 14.7. The van der Waals surface area contributed by atoms with Gasteiger partial charge in [-0.1, -0.05) is 24.3 Å². The van der Waals surface area contributed by atoms with Gasteiger partial charge in [0.05, 0.1) is 7.11 Å². The number of hydrogen-bond acceptors (Lipinski definition) is 5. The molecular formula is C20H20N4O2. The van der Waals surface area contributed by atoms with Crippen LogP contribution in [0.5, 0.6) is 5.75 Å². The van der Waals surface area contributed by atoms with E-state index in [1.54, 1.807) is 19.4 Å². The predicted molar refractivity (Wildman–Crippen MR) is 101 cm³/mol. The Kier molecular flexibility index (Phi) is 5.43. The largest absolute Gasteiger partial charge is 0.497 e. The van der Waals surface area contributed by atoms with Crippen molar-refractivity contribution in [2.75, 3.05) is 12.4 Å². The van der Waals surface area contributed by atoms with Gasteiger partial charge in [0.15, 0.2) is 0 Å². The molecule has 6 nitrogen and oxygen atoms in total. The Morgan fingerprint density at radius 2 is 1.92 bits per heavy atom. The maximum Gasteiger partial charge on any atom is 0.270 e. The van der Waals surface area contributed by atoms with Gasteiger partial charge in [-0.05, 0) is 48.4 Å². The van der Waals surface area contributed by atoms with E-state index < -0.39 is 0 Å². The summed E-state index contributed by atoms with van der Waals surface area (Å²) < 4.78 is 5.12. The molecule has 1 heterocycles. The van der Waals surface area contributed by atoms with Crippen LogP contribution in [-0.4, -0.2) is 23.0 Å². The van der Waals surface area contributed by atoms with Crippen LogP contribution in [0.1, 0.15) is 21.6 Å². The average Bonchev–Trinajstić information content (AvgIpc) is 2.67. The van der Waals surface area contributed by atoms with Crippen molar-refractivity contribution in [1.82, 2.24) is 15.3 Å². The van der Waals surface area contributed by atoms with Gasteiger partial charge in [0.25, 0.3) is 5.91 Å². The number of amides is 1. The molecule has 0 aliphatic rings. The Hall–Kier alpha value is -3.41. The van der Waals surface area contributed by atoms with Crippen molar-refractivity contribution in [3.8, 4) is 5.75 Å². The van der Waals surface area contributed by atoms with Gasteiger partial charge in [-0.15, -0.1) is 0 Å². The van der Waals surface area contributed by atoms with Crippen molar-refractivity contribution in [2.24, 2.45) is 0 Å². The minimum absolute atomic E-state index is 0.254. The van der Waals surface area contributed by atoms with Gasteiger partial charge in [0, 0.05) is 18.4 Å². The molecule has 2 aromatic carbocycles. The first-order chi connectivity index (χ1) is 12.6. The maximum absolute atomic E-state index is 12.3. The molecule has 2 N–H and O–H groups in total. The smallest absolute Gasteiger partial charge is 0.270 e. The molecule has 0 spiro atoms. The Balaban J connectivity index is 1.63. The van der Waals surface area contributed by atoms with Crippen LogP contribution in [0.4, 0.5) is 11.6 Å². The van der Waals surface area contributed by atoms with Gasteiger partial charge >= 0.3 is 0 Å². The van der Waals surface area contributed by atoms with E-state index >= 15 is 0 Å². The molecule has 0 atom stereocenters. The molecule has 6 heteroatoms. The molecule has 0 saturated carbocycles. The summed E-state index contributed by atoms with van der Waals surface area (Å²) in [5.41, 5.74) is 3.29. The van der Waals surface area contributed by atoms with Crippen molar-refractivity contribution in [3.05, 3.63) is 77.6 Å². The second-order valence-corrected chi connectivity index (χ2v) is 5.79. The molecule has 0 aliphatic heterocycles. The van der Waals surface area contributed by atoms with Gasteiger partial charge < -0.3 is 15.4 Å². The van der Waals surface area contributed by atoms with Crippen molar-refractivity contribution < 1.29 is 9.53 Å². The first-order valence-electron chi connectivity index (χ1n) is 8.22. The van der Waals surface area contributed by atoms with Crippen LogP contribution < -0.4 is 15.4 Å². The molecule has 0 fully saturated rings. The lowest BCUT2D eigenvalue weighted by Gasteiger charge is -2.08. The number of carbonyl (C=O) groups excluding carboxylic acids is 1. The van der Waals surface area contributed by atoms with Crippen molar-refractivity contribution in [3.63, 3.8) is 0 Å². The molecule has 0 radical (unpaired) electrons. The fourth-order valence-electron chi connectivity index (χ4n) is 2.41. The van der Waals surface area contributed by atoms with E-state index in [0.717, 1.165) is 22.6 Å². The summed E-state index contributed by atoms with van der Waals surface area (Å²) in [5.74, 6) is 0.908. The number of ether oxygens (including phenoxy) is 1. The van der Waals surface area contributed by atoms with E-state index in [9.17, 15) is 4.79 Å². The first-order valence-corrected chi connectivity index (χ1v) is 8.22. The van der Waals surface area contributed by atoms with E-state index in [-0.39, 0.29) is 5.91 Å². The van der Waals surface area contributed by atoms with Crippen LogP contribution in [0.3, 0.4) is 0 Å². The van der Waals surface area contributed by atoms with Crippen LogP contribution in [0, 0.1) is 6.92 Å². The van der Waals surface area contributed by atoms with Gasteiger partial charge in [-0.3, -0.25) is 4.79 Å². The van der Waals surface area contributed by atoms with Gasteiger partial charge in [0.1, 0.15) is 11.4 Å². The molecule has 3 aromatic rings. The van der Waals surface area contributed by atoms with Gasteiger partial charge in [-0.25, -0.2) is 9.97 Å². The molecule has 1 amide bonds. The fourth-order valence-corrected chi connectivity index (χ4v) is 2.41. The van der Waals surface area contributed by atoms with E-state index in [1.165, 1.54) is 0 Å². The number of aryl methyl sites for hydroxylation is 1. The van der Waals surface area contributed by atoms with Crippen LogP contribution >= 0.6 is 0 Å². The third-order valence-corrected chi connectivity index (χ3v) is 3.77. The molecule has 26 heavy (non-hydrogen) atoms. The Labute approximate surface area is 152 Å². The molecule has 132 valence electrons. The highest BCUT2D eigenvalue weighted by molar-refractivity contribution is 5.92. The molecule has 0 aliphatic carbocycles. The summed E-state index contributed by atoms with van der Waals surface area (Å²) in [6.45, 7) is 2.42. The number of nitrogens with zero attached hydrogens (tertiary/aromatic N) is 2. The summed E-state index contributed by atoms with van der Waals surface area (Å²) in [4.78, 5) is 20.8. The number of hydrogen-bond donors (Lipinski definition) is 2. The number of nitrogens with one attached hydrogen (secondary N) is 2. The maximum atomic E-state index is 12.3. The van der Waals surface area contributed by atoms with E-state index in [2.05, 4.69) is 20.6 Å². The first kappa shape index (κ1) is 17.4. The number of aromatic nitrogens is 2. The van der Waals surface area contributed by atoms with Crippen molar-refractivity contribution in [2.45, 2.75) is 13.5 Å². The Morgan fingerprint density at radius 1 is 1.12 bits per heavy atom. The number of benzene rings is 2. The summed E-state index contributed by atoms with van der Waals surface area (Å²) in [5, 5.41) is 5.97. The molecule has 3 rings (SSSR count). The topological polar surface area (TPSA) is 76.1 Å². The van der Waals surface area contributed by atoms with Crippen molar-refractivity contribution >= 4 is 17.5 Å². The normalized spacial score (nSPS) is 10.2. The number of carbonyl (C=O) groups is 1. The van der Waals surface area contributed by atoms with Crippen LogP contribution in [0.2, 0.25) is 0 Å². The second-order valence-electron chi connectivity index (χ2n) is 5.79. The minimum Gasteiger partial charge on any atom is -0.497 e. The Bertz CT molecular complexity index is 894.